The molecule has 0 aliphatic carbocycles. The molecule has 0 saturated heterocycles. The Balaban J connectivity index is 1.82. The van der Waals surface area contributed by atoms with E-state index in [1.165, 1.54) is 5.56 Å². The fourth-order valence-corrected chi connectivity index (χ4v) is 3.50. The number of hydrogen-bond donors (Lipinski definition) is 2. The van der Waals surface area contributed by atoms with Gasteiger partial charge in [0.25, 0.3) is 0 Å². The first-order chi connectivity index (χ1) is 14.1. The molecule has 0 radical (unpaired) electrons. The second-order valence-corrected chi connectivity index (χ2v) is 7.03. The van der Waals surface area contributed by atoms with Gasteiger partial charge >= 0.3 is 0 Å². The van der Waals surface area contributed by atoms with Crippen LogP contribution >= 0.6 is 0 Å². The molecule has 6 heteroatoms. The van der Waals surface area contributed by atoms with Crippen molar-refractivity contribution in [3.63, 3.8) is 0 Å². The van der Waals surface area contributed by atoms with Crippen LogP contribution in [0.15, 0.2) is 60.0 Å². The molecule has 1 aromatic heterocycles. The maximum Gasteiger partial charge on any atom is 0.244 e. The predicted octanol–water partition coefficient (Wildman–Crippen LogP) is 4.39. The molecule has 0 bridgehead atoms. The van der Waals surface area contributed by atoms with E-state index in [0.29, 0.717) is 18.1 Å². The van der Waals surface area contributed by atoms with Crippen LogP contribution in [0.4, 0.5) is 0 Å². The van der Waals surface area contributed by atoms with Crippen LogP contribution in [0.25, 0.3) is 11.3 Å². The average Bonchev–Trinajstić information content (AvgIpc) is 3.15. The fraction of sp³-hybridized carbons (Fsp3) is 0.217. The Morgan fingerprint density at radius 3 is 2.55 bits per heavy atom. The van der Waals surface area contributed by atoms with E-state index in [0.717, 1.165) is 34.6 Å². The molecule has 29 heavy (non-hydrogen) atoms. The molecule has 2 heterocycles. The zero-order valence-corrected chi connectivity index (χ0v) is 16.4. The van der Waals surface area contributed by atoms with Crippen molar-refractivity contribution in [2.75, 3.05) is 6.61 Å². The molecule has 3 aromatic rings. The molecular weight excluding hydrogens is 364 g/mol. The number of H-pyrrole nitrogens is 1. The lowest BCUT2D eigenvalue weighted by molar-refractivity contribution is 0.317. The Labute approximate surface area is 169 Å². The Morgan fingerprint density at radius 2 is 1.90 bits per heavy atom. The number of aromatic nitrogens is 2. The standard InChI is InChI=1S/C23H22N4O2/c1-3-12-28-17-10-8-15(9-11-17)19-18(13-24)22(25)29-23-20(19)21(26-27-23)16-6-4-14(2)5-7-16/h4-11,19H,3,12,25H2,1-2H3,(H,26,27). The van der Waals surface area contributed by atoms with E-state index in [1.807, 2.05) is 55.5 Å². The van der Waals surface area contributed by atoms with E-state index in [1.54, 1.807) is 0 Å². The third-order valence-corrected chi connectivity index (χ3v) is 4.97. The van der Waals surface area contributed by atoms with Crippen LogP contribution in [0.2, 0.25) is 0 Å². The van der Waals surface area contributed by atoms with Gasteiger partial charge in [0.15, 0.2) is 0 Å². The SMILES string of the molecule is CCCOc1ccc(C2C(C#N)=C(N)Oc3n[nH]c(-c4ccc(C)cc4)c32)cc1. The number of fused-ring (bicyclic) bond motifs is 1. The summed E-state index contributed by atoms with van der Waals surface area (Å²) in [4.78, 5) is 0. The highest BCUT2D eigenvalue weighted by atomic mass is 16.5. The summed E-state index contributed by atoms with van der Waals surface area (Å²) in [5, 5.41) is 17.2. The van der Waals surface area contributed by atoms with Gasteiger partial charge in [-0.25, -0.2) is 0 Å². The number of rotatable bonds is 5. The minimum absolute atomic E-state index is 0.0817. The van der Waals surface area contributed by atoms with Gasteiger partial charge in [-0.15, -0.1) is 5.10 Å². The zero-order valence-electron chi connectivity index (χ0n) is 16.4. The molecule has 2 aromatic carbocycles. The summed E-state index contributed by atoms with van der Waals surface area (Å²) in [6, 6.07) is 18.1. The Hall–Kier alpha value is -3.72. The summed E-state index contributed by atoms with van der Waals surface area (Å²) in [5.74, 6) is 0.898. The average molecular weight is 386 g/mol. The number of aryl methyl sites for hydroxylation is 1. The minimum Gasteiger partial charge on any atom is -0.494 e. The number of nitrogens with one attached hydrogen (secondary N) is 1. The van der Waals surface area contributed by atoms with Gasteiger partial charge in [-0.3, -0.25) is 5.10 Å². The van der Waals surface area contributed by atoms with Gasteiger partial charge < -0.3 is 15.2 Å². The summed E-state index contributed by atoms with van der Waals surface area (Å²) in [6.07, 6.45) is 0.942. The molecule has 1 unspecified atom stereocenters. The lowest BCUT2D eigenvalue weighted by Crippen LogP contribution is -2.21. The summed E-state index contributed by atoms with van der Waals surface area (Å²) >= 11 is 0. The highest BCUT2D eigenvalue weighted by Gasteiger charge is 2.35. The number of ether oxygens (including phenoxy) is 2. The molecule has 6 nitrogen and oxygen atoms in total. The second kappa shape index (κ2) is 7.72. The molecule has 3 N–H and O–H groups in total. The molecule has 0 amide bonds. The summed E-state index contributed by atoms with van der Waals surface area (Å²) in [7, 11) is 0. The molecule has 1 aliphatic rings. The predicted molar refractivity (Wildman–Crippen MR) is 110 cm³/mol. The van der Waals surface area contributed by atoms with E-state index in [-0.39, 0.29) is 11.8 Å². The van der Waals surface area contributed by atoms with Gasteiger partial charge in [0, 0.05) is 5.56 Å². The van der Waals surface area contributed by atoms with Crippen molar-refractivity contribution in [1.82, 2.24) is 10.2 Å². The van der Waals surface area contributed by atoms with Gasteiger partial charge in [-0.1, -0.05) is 48.9 Å². The van der Waals surface area contributed by atoms with Gasteiger partial charge in [0.2, 0.25) is 11.8 Å². The van der Waals surface area contributed by atoms with Crippen LogP contribution < -0.4 is 15.2 Å². The topological polar surface area (TPSA) is 96.9 Å². The smallest absolute Gasteiger partial charge is 0.244 e. The highest BCUT2D eigenvalue weighted by molar-refractivity contribution is 5.71. The molecular formula is C23H22N4O2. The van der Waals surface area contributed by atoms with Crippen molar-refractivity contribution in [3.8, 4) is 29.0 Å². The first-order valence-corrected chi connectivity index (χ1v) is 9.58. The zero-order chi connectivity index (χ0) is 20.4. The van der Waals surface area contributed by atoms with Crippen LogP contribution in [0.1, 0.15) is 36.0 Å². The number of nitrogens with two attached hydrogens (primary N) is 1. The van der Waals surface area contributed by atoms with Crippen molar-refractivity contribution in [3.05, 3.63) is 76.7 Å². The molecule has 0 spiro atoms. The van der Waals surface area contributed by atoms with Crippen molar-refractivity contribution >= 4 is 0 Å². The van der Waals surface area contributed by atoms with Crippen molar-refractivity contribution in [2.45, 2.75) is 26.2 Å². The van der Waals surface area contributed by atoms with Gasteiger partial charge in [-0.05, 0) is 31.0 Å². The molecule has 4 rings (SSSR count). The largest absolute Gasteiger partial charge is 0.494 e. The lowest BCUT2D eigenvalue weighted by atomic mass is 9.83. The number of allylic oxidation sites excluding steroid dienone is 1. The molecule has 0 fully saturated rings. The number of benzene rings is 2. The van der Waals surface area contributed by atoms with E-state index in [9.17, 15) is 5.26 Å². The first kappa shape index (κ1) is 18.6. The van der Waals surface area contributed by atoms with Crippen molar-refractivity contribution in [2.24, 2.45) is 5.73 Å². The third-order valence-electron chi connectivity index (χ3n) is 4.97. The molecule has 1 aliphatic heterocycles. The summed E-state index contributed by atoms with van der Waals surface area (Å²) < 4.78 is 11.3. The van der Waals surface area contributed by atoms with Crippen LogP contribution in [0, 0.1) is 18.3 Å². The van der Waals surface area contributed by atoms with Crippen LogP contribution in [0.3, 0.4) is 0 Å². The number of aromatic amines is 1. The summed E-state index contributed by atoms with van der Waals surface area (Å²) in [5.41, 5.74) is 11.1. The van der Waals surface area contributed by atoms with E-state index in [2.05, 4.69) is 23.2 Å². The Bertz CT molecular complexity index is 1090. The quantitative estimate of drug-likeness (QED) is 0.678. The maximum atomic E-state index is 9.80. The third kappa shape index (κ3) is 3.43. The van der Waals surface area contributed by atoms with Crippen LogP contribution in [-0.4, -0.2) is 16.8 Å². The Kier molecular flexibility index (Phi) is 4.96. The highest BCUT2D eigenvalue weighted by Crippen LogP contribution is 2.45. The first-order valence-electron chi connectivity index (χ1n) is 9.58. The van der Waals surface area contributed by atoms with Crippen LogP contribution in [-0.2, 0) is 0 Å². The van der Waals surface area contributed by atoms with Crippen molar-refractivity contribution < 1.29 is 9.47 Å². The van der Waals surface area contributed by atoms with Crippen molar-refractivity contribution in [1.29, 1.82) is 5.26 Å². The normalized spacial score (nSPS) is 15.4. The summed E-state index contributed by atoms with van der Waals surface area (Å²) in [6.45, 7) is 4.77. The van der Waals surface area contributed by atoms with E-state index < -0.39 is 0 Å². The molecule has 0 saturated carbocycles. The fourth-order valence-electron chi connectivity index (χ4n) is 3.50. The molecule has 1 atom stereocenters. The Morgan fingerprint density at radius 1 is 1.17 bits per heavy atom. The maximum absolute atomic E-state index is 9.80. The van der Waals surface area contributed by atoms with Gasteiger partial charge in [0.1, 0.15) is 17.4 Å². The number of nitrogens with zero attached hydrogens (tertiary/aromatic N) is 2. The van der Waals surface area contributed by atoms with Gasteiger partial charge in [0.05, 0.1) is 23.8 Å². The number of hydrogen-bond acceptors (Lipinski definition) is 5. The molecule has 146 valence electrons. The minimum atomic E-state index is -0.376. The second-order valence-electron chi connectivity index (χ2n) is 7.03. The van der Waals surface area contributed by atoms with Crippen LogP contribution in [0.5, 0.6) is 11.6 Å². The lowest BCUT2D eigenvalue weighted by Gasteiger charge is -2.24. The monoisotopic (exact) mass is 386 g/mol. The van der Waals surface area contributed by atoms with E-state index in [4.69, 9.17) is 15.2 Å². The number of nitriles is 1. The van der Waals surface area contributed by atoms with E-state index >= 15 is 0 Å². The van der Waals surface area contributed by atoms with Gasteiger partial charge in [-0.2, -0.15) is 5.26 Å².